The number of imidazole rings is 1. The molecule has 0 aliphatic heterocycles. The molecule has 30 heavy (non-hydrogen) atoms. The molecule has 2 aromatic carbocycles. The Morgan fingerprint density at radius 1 is 1.13 bits per heavy atom. The van der Waals surface area contributed by atoms with Crippen LogP contribution in [0.15, 0.2) is 60.9 Å². The van der Waals surface area contributed by atoms with Crippen LogP contribution in [-0.2, 0) is 11.2 Å². The van der Waals surface area contributed by atoms with E-state index in [1.807, 2.05) is 41.9 Å². The summed E-state index contributed by atoms with van der Waals surface area (Å²) in [7, 11) is 1.50. The third-order valence-electron chi connectivity index (χ3n) is 4.75. The maximum absolute atomic E-state index is 13.9. The van der Waals surface area contributed by atoms with E-state index in [2.05, 4.69) is 10.3 Å². The Morgan fingerprint density at radius 2 is 1.97 bits per heavy atom. The zero-order valence-corrected chi connectivity index (χ0v) is 16.4. The van der Waals surface area contributed by atoms with E-state index in [0.29, 0.717) is 11.4 Å². The summed E-state index contributed by atoms with van der Waals surface area (Å²) in [6, 6.07) is 12.5. The van der Waals surface area contributed by atoms with E-state index in [-0.39, 0.29) is 12.0 Å². The molecule has 0 saturated carbocycles. The molecule has 152 valence electrons. The van der Waals surface area contributed by atoms with Gasteiger partial charge in [-0.05, 0) is 54.4 Å². The molecular formula is C23H19F2N3O2. The van der Waals surface area contributed by atoms with E-state index in [1.54, 1.807) is 12.1 Å². The summed E-state index contributed by atoms with van der Waals surface area (Å²) in [5, 5.41) is 2.75. The molecule has 0 saturated heterocycles. The lowest BCUT2D eigenvalue weighted by Crippen LogP contribution is -2.16. The minimum Gasteiger partial charge on any atom is -0.495 e. The van der Waals surface area contributed by atoms with Gasteiger partial charge in [0.2, 0.25) is 5.91 Å². The van der Waals surface area contributed by atoms with Crippen molar-refractivity contribution in [3.8, 4) is 17.0 Å². The number of carbonyl (C=O) groups excluding carboxylic acids is 1. The number of pyridine rings is 1. The number of benzene rings is 2. The number of amides is 1. The van der Waals surface area contributed by atoms with Crippen LogP contribution in [-0.4, -0.2) is 22.4 Å². The Labute approximate surface area is 171 Å². The second-order valence-corrected chi connectivity index (χ2v) is 6.97. The summed E-state index contributed by atoms with van der Waals surface area (Å²) in [4.78, 5) is 17.1. The molecule has 7 heteroatoms. The smallest absolute Gasteiger partial charge is 0.229 e. The number of hydrogen-bond donors (Lipinski definition) is 1. The van der Waals surface area contributed by atoms with Crippen molar-refractivity contribution in [3.63, 3.8) is 0 Å². The van der Waals surface area contributed by atoms with Gasteiger partial charge in [-0.15, -0.1) is 0 Å². The molecule has 0 unspecified atom stereocenters. The molecule has 1 N–H and O–H groups in total. The number of aryl methyl sites for hydroxylation is 1. The van der Waals surface area contributed by atoms with Crippen LogP contribution in [0.5, 0.6) is 5.75 Å². The van der Waals surface area contributed by atoms with Gasteiger partial charge in [-0.3, -0.25) is 4.79 Å². The third-order valence-corrected chi connectivity index (χ3v) is 4.75. The number of aromatic nitrogens is 2. The Hall–Kier alpha value is -3.74. The van der Waals surface area contributed by atoms with Crippen LogP contribution in [0.25, 0.3) is 16.9 Å². The molecule has 0 radical (unpaired) electrons. The zero-order chi connectivity index (χ0) is 21.3. The Kier molecular flexibility index (Phi) is 5.18. The highest BCUT2D eigenvalue weighted by Crippen LogP contribution is 2.30. The lowest BCUT2D eigenvalue weighted by Gasteiger charge is -2.12. The van der Waals surface area contributed by atoms with E-state index in [4.69, 9.17) is 4.74 Å². The Balaban J connectivity index is 1.61. The van der Waals surface area contributed by atoms with Gasteiger partial charge in [-0.2, -0.15) is 0 Å². The third kappa shape index (κ3) is 4.00. The number of fused-ring (bicyclic) bond motifs is 1. The fraction of sp³-hybridized carbons (Fsp3) is 0.130. The van der Waals surface area contributed by atoms with Gasteiger partial charge in [-0.1, -0.05) is 6.07 Å². The molecule has 4 rings (SSSR count). The standard InChI is InChI=1S/C23H19F2N3O2/c1-14-7-8-28-13-20(26-22(28)9-14)16-4-6-21(30-2)19(10-16)27-23(29)11-15-3-5-17(24)12-18(15)25/h3-10,12-13H,11H2,1-2H3,(H,27,29). The van der Waals surface area contributed by atoms with E-state index >= 15 is 0 Å². The van der Waals surface area contributed by atoms with Gasteiger partial charge in [0.1, 0.15) is 23.0 Å². The minimum atomic E-state index is -0.758. The SMILES string of the molecule is COc1ccc(-c2cn3ccc(C)cc3n2)cc1NC(=O)Cc1ccc(F)cc1F. The van der Waals surface area contributed by atoms with Crippen LogP contribution in [0.3, 0.4) is 0 Å². The first-order chi connectivity index (χ1) is 14.4. The van der Waals surface area contributed by atoms with Gasteiger partial charge in [0.15, 0.2) is 0 Å². The number of nitrogens with one attached hydrogen (secondary N) is 1. The van der Waals surface area contributed by atoms with Crippen molar-refractivity contribution in [1.29, 1.82) is 0 Å². The van der Waals surface area contributed by atoms with Gasteiger partial charge >= 0.3 is 0 Å². The molecule has 0 fully saturated rings. The van der Waals surface area contributed by atoms with Gasteiger partial charge in [0.25, 0.3) is 0 Å². The minimum absolute atomic E-state index is 0.111. The van der Waals surface area contributed by atoms with Crippen LogP contribution in [0.4, 0.5) is 14.5 Å². The summed E-state index contributed by atoms with van der Waals surface area (Å²) < 4.78 is 34.2. The van der Waals surface area contributed by atoms with Crippen LogP contribution in [0, 0.1) is 18.6 Å². The maximum Gasteiger partial charge on any atom is 0.229 e. The summed E-state index contributed by atoms with van der Waals surface area (Å²) >= 11 is 0. The molecule has 2 aromatic heterocycles. The first-order valence-corrected chi connectivity index (χ1v) is 9.30. The van der Waals surface area contributed by atoms with Gasteiger partial charge in [-0.25, -0.2) is 13.8 Å². The van der Waals surface area contributed by atoms with Gasteiger partial charge in [0, 0.05) is 24.0 Å². The number of nitrogens with zero attached hydrogens (tertiary/aromatic N) is 2. The second kappa shape index (κ2) is 7.94. The van der Waals surface area contributed by atoms with Crippen molar-refractivity contribution in [2.24, 2.45) is 0 Å². The van der Waals surface area contributed by atoms with E-state index in [9.17, 15) is 13.6 Å². The number of ether oxygens (including phenoxy) is 1. The molecule has 1 amide bonds. The molecular weight excluding hydrogens is 388 g/mol. The summed E-state index contributed by atoms with van der Waals surface area (Å²) in [6.45, 7) is 2.00. The first-order valence-electron chi connectivity index (χ1n) is 9.30. The van der Waals surface area contributed by atoms with E-state index in [1.165, 1.54) is 13.2 Å². The topological polar surface area (TPSA) is 55.6 Å². The molecule has 4 aromatic rings. The average molecular weight is 407 g/mol. The number of anilines is 1. The van der Waals surface area contributed by atoms with Crippen molar-refractivity contribution < 1.29 is 18.3 Å². The predicted octanol–water partition coefficient (Wildman–Crippen LogP) is 4.78. The number of halogens is 2. The summed E-state index contributed by atoms with van der Waals surface area (Å²) in [6.07, 6.45) is 3.60. The highest BCUT2D eigenvalue weighted by Gasteiger charge is 2.14. The van der Waals surface area contributed by atoms with Crippen LogP contribution in [0.2, 0.25) is 0 Å². The van der Waals surface area contributed by atoms with Gasteiger partial charge < -0.3 is 14.5 Å². The van der Waals surface area contributed by atoms with Crippen LogP contribution >= 0.6 is 0 Å². The number of carbonyl (C=O) groups is 1. The zero-order valence-electron chi connectivity index (χ0n) is 16.4. The highest BCUT2D eigenvalue weighted by atomic mass is 19.1. The lowest BCUT2D eigenvalue weighted by molar-refractivity contribution is -0.115. The van der Waals surface area contributed by atoms with Crippen molar-refractivity contribution in [2.75, 3.05) is 12.4 Å². The largest absolute Gasteiger partial charge is 0.495 e. The van der Waals surface area contributed by atoms with Gasteiger partial charge in [0.05, 0.1) is 24.9 Å². The summed E-state index contributed by atoms with van der Waals surface area (Å²) in [5.74, 6) is -1.42. The van der Waals surface area contributed by atoms with E-state index < -0.39 is 17.5 Å². The second-order valence-electron chi connectivity index (χ2n) is 6.97. The number of methoxy groups -OCH3 is 1. The maximum atomic E-state index is 13.9. The fourth-order valence-electron chi connectivity index (χ4n) is 3.22. The van der Waals surface area contributed by atoms with Crippen molar-refractivity contribution in [3.05, 3.63) is 83.7 Å². The Morgan fingerprint density at radius 3 is 2.73 bits per heavy atom. The lowest BCUT2D eigenvalue weighted by atomic mass is 10.1. The van der Waals surface area contributed by atoms with Crippen LogP contribution in [0.1, 0.15) is 11.1 Å². The summed E-state index contributed by atoms with van der Waals surface area (Å²) in [5.41, 5.74) is 4.01. The normalized spacial score (nSPS) is 10.9. The molecule has 5 nitrogen and oxygen atoms in total. The monoisotopic (exact) mass is 407 g/mol. The molecule has 2 heterocycles. The highest BCUT2D eigenvalue weighted by molar-refractivity contribution is 5.94. The van der Waals surface area contributed by atoms with Crippen molar-refractivity contribution in [2.45, 2.75) is 13.3 Å². The fourth-order valence-corrected chi connectivity index (χ4v) is 3.22. The Bertz CT molecular complexity index is 1250. The molecule has 0 atom stereocenters. The van der Waals surface area contributed by atoms with Crippen molar-refractivity contribution in [1.82, 2.24) is 9.38 Å². The number of hydrogen-bond acceptors (Lipinski definition) is 3. The average Bonchev–Trinajstić information content (AvgIpc) is 3.13. The quantitative estimate of drug-likeness (QED) is 0.518. The molecule has 0 spiro atoms. The first kappa shape index (κ1) is 19.6. The molecule has 0 aliphatic rings. The van der Waals surface area contributed by atoms with E-state index in [0.717, 1.165) is 34.6 Å². The van der Waals surface area contributed by atoms with Crippen molar-refractivity contribution >= 4 is 17.2 Å². The number of rotatable bonds is 5. The molecule has 0 aliphatic carbocycles. The predicted molar refractivity (Wildman–Crippen MR) is 111 cm³/mol. The van der Waals surface area contributed by atoms with Crippen LogP contribution < -0.4 is 10.1 Å². The molecule has 0 bridgehead atoms.